The summed E-state index contributed by atoms with van der Waals surface area (Å²) in [5.74, 6) is 2.43. The van der Waals surface area contributed by atoms with Gasteiger partial charge in [-0.15, -0.1) is 22.0 Å². The molecule has 0 aliphatic carbocycles. The highest BCUT2D eigenvalue weighted by Gasteiger charge is 2.35. The van der Waals surface area contributed by atoms with Crippen molar-refractivity contribution in [2.75, 3.05) is 27.1 Å². The number of ether oxygens (including phenoxy) is 3. The molecule has 4 aromatic carbocycles. The van der Waals surface area contributed by atoms with Crippen molar-refractivity contribution in [2.24, 2.45) is 0 Å². The van der Waals surface area contributed by atoms with E-state index in [1.807, 2.05) is 82.3 Å². The molecule has 0 fully saturated rings. The molecule has 1 N–H and O–H groups in total. The Morgan fingerprint density at radius 1 is 0.836 bits per heavy atom. The van der Waals surface area contributed by atoms with Crippen LogP contribution in [0.4, 0.5) is 4.79 Å². The van der Waals surface area contributed by atoms with Gasteiger partial charge in [0.05, 0.1) is 33.4 Å². The maximum Gasteiger partial charge on any atom is 0.407 e. The Morgan fingerprint density at radius 2 is 1.33 bits per heavy atom. The molecule has 1 unspecified atom stereocenters. The van der Waals surface area contributed by atoms with Crippen LogP contribution < -0.4 is 14.2 Å². The van der Waals surface area contributed by atoms with Crippen LogP contribution in [0.2, 0.25) is 0 Å². The number of nitrogens with zero attached hydrogens (tertiary/aromatic N) is 6. The normalized spacial score (nSPS) is 12.4. The minimum absolute atomic E-state index is 0.0141. The van der Waals surface area contributed by atoms with Crippen LogP contribution >= 0.6 is 34.4 Å². The number of carbonyl (C=O) groups is 1. The van der Waals surface area contributed by atoms with Gasteiger partial charge >= 0.3 is 6.09 Å². The van der Waals surface area contributed by atoms with Crippen molar-refractivity contribution >= 4 is 50.5 Å². The smallest absolute Gasteiger partial charge is 0.407 e. The zero-order valence-electron chi connectivity index (χ0n) is 31.8. The summed E-state index contributed by atoms with van der Waals surface area (Å²) in [4.78, 5) is 15.6. The maximum atomic E-state index is 15.4. The number of aromatic nitrogens is 4. The number of rotatable bonds is 16. The standard InChI is InChI=1S/C39H45IN6O7S2/c1-26(46(38(47)48)39(2,3)4)25-54-34-21-20-33(40)35(37-41-43-45(42-37)24-29-12-18-32(53-7)19-13-29)36(34)55(49,50)44(22-27-8-14-30(51-5)15-9-27)23-28-10-16-31(52-6)17-11-28/h8-21,26H,22-25H2,1-7H3,(H,47,48). The summed E-state index contributed by atoms with van der Waals surface area (Å²) in [6, 6.07) is 25.1. The molecule has 1 aromatic heterocycles. The van der Waals surface area contributed by atoms with Gasteiger partial charge in [-0.05, 0) is 121 Å². The Hall–Kier alpha value is -4.39. The quantitative estimate of drug-likeness (QED) is 0.0769. The molecule has 5 rings (SSSR count). The van der Waals surface area contributed by atoms with Crippen molar-refractivity contribution in [3.05, 3.63) is 105 Å². The summed E-state index contributed by atoms with van der Waals surface area (Å²) in [6.07, 6.45) is -1.06. The highest BCUT2D eigenvalue weighted by molar-refractivity contribution is 14.1. The van der Waals surface area contributed by atoms with E-state index in [1.165, 1.54) is 25.8 Å². The molecule has 292 valence electrons. The number of sulfonamides is 1. The first-order chi connectivity index (χ1) is 26.1. The molecule has 5 aromatic rings. The van der Waals surface area contributed by atoms with Crippen molar-refractivity contribution in [1.82, 2.24) is 29.4 Å². The predicted octanol–water partition coefficient (Wildman–Crippen LogP) is 7.67. The second kappa shape index (κ2) is 18.0. The van der Waals surface area contributed by atoms with Crippen molar-refractivity contribution in [1.29, 1.82) is 0 Å². The van der Waals surface area contributed by atoms with Crippen molar-refractivity contribution in [3.63, 3.8) is 0 Å². The van der Waals surface area contributed by atoms with E-state index in [-0.39, 0.29) is 29.6 Å². The van der Waals surface area contributed by atoms with Gasteiger partial charge in [0.25, 0.3) is 0 Å². The Morgan fingerprint density at radius 3 is 1.78 bits per heavy atom. The van der Waals surface area contributed by atoms with Crippen LogP contribution in [-0.2, 0) is 29.7 Å². The Balaban J connectivity index is 1.64. The molecule has 13 nitrogen and oxygen atoms in total. The van der Waals surface area contributed by atoms with Crippen LogP contribution in [0.25, 0.3) is 11.4 Å². The summed E-state index contributed by atoms with van der Waals surface area (Å²) < 4.78 is 48.9. The Kier molecular flexibility index (Phi) is 13.7. The minimum Gasteiger partial charge on any atom is -0.497 e. The molecule has 0 aliphatic heterocycles. The van der Waals surface area contributed by atoms with Gasteiger partial charge in [0.1, 0.15) is 22.1 Å². The van der Waals surface area contributed by atoms with Gasteiger partial charge in [-0.2, -0.15) is 9.10 Å². The number of hydrogen-bond acceptors (Lipinski definition) is 10. The van der Waals surface area contributed by atoms with Crippen molar-refractivity contribution in [2.45, 2.75) is 68.7 Å². The highest BCUT2D eigenvalue weighted by Crippen LogP contribution is 2.40. The molecule has 0 aliphatic rings. The van der Waals surface area contributed by atoms with E-state index in [9.17, 15) is 9.90 Å². The third-order valence-electron chi connectivity index (χ3n) is 8.71. The summed E-state index contributed by atoms with van der Waals surface area (Å²) in [5, 5.41) is 23.5. The second-order valence-corrected chi connectivity index (χ2v) is 17.8. The first-order valence-corrected chi connectivity index (χ1v) is 20.8. The van der Waals surface area contributed by atoms with Crippen LogP contribution in [0.5, 0.6) is 17.2 Å². The van der Waals surface area contributed by atoms with Gasteiger partial charge in [-0.3, -0.25) is 4.90 Å². The molecule has 0 bridgehead atoms. The molecule has 55 heavy (non-hydrogen) atoms. The van der Waals surface area contributed by atoms with Crippen LogP contribution in [0.1, 0.15) is 44.4 Å². The molecule has 0 radical (unpaired) electrons. The first kappa shape index (κ1) is 41.8. The third kappa shape index (κ3) is 10.3. The summed E-state index contributed by atoms with van der Waals surface area (Å²) in [5.41, 5.74) is 2.02. The number of tetrazole rings is 1. The predicted molar refractivity (Wildman–Crippen MR) is 220 cm³/mol. The SMILES string of the molecule is COc1ccc(CN(Cc2ccc(OC)cc2)S(=O)(=O)c2c(SCC(C)N(C(=O)O)C(C)(C)C)ccc(I)c2-c2nnn(Cc3ccc(OC)cc3)n2)cc1. The lowest BCUT2D eigenvalue weighted by atomic mass is 10.0. The topological polar surface area (TPSA) is 149 Å². The van der Waals surface area contributed by atoms with Gasteiger partial charge in [-0.1, -0.05) is 36.4 Å². The number of halogens is 1. The summed E-state index contributed by atoms with van der Waals surface area (Å²) in [7, 11) is 0.405. The van der Waals surface area contributed by atoms with Crippen LogP contribution in [0, 0.1) is 3.57 Å². The summed E-state index contributed by atoms with van der Waals surface area (Å²) in [6.45, 7) is 7.69. The number of carboxylic acid groups (broad SMARTS) is 1. The molecule has 0 saturated heterocycles. The van der Waals surface area contributed by atoms with E-state index in [1.54, 1.807) is 51.7 Å². The molecular formula is C39H45IN6O7S2. The summed E-state index contributed by atoms with van der Waals surface area (Å²) >= 11 is 3.38. The lowest BCUT2D eigenvalue weighted by Gasteiger charge is -2.38. The number of amides is 1. The molecular weight excluding hydrogens is 856 g/mol. The monoisotopic (exact) mass is 900 g/mol. The van der Waals surface area contributed by atoms with Gasteiger partial charge in [0, 0.05) is 38.9 Å². The van der Waals surface area contributed by atoms with Gasteiger partial charge in [0.2, 0.25) is 15.8 Å². The third-order valence-corrected chi connectivity index (χ3v) is 12.9. The van der Waals surface area contributed by atoms with Crippen LogP contribution in [0.3, 0.4) is 0 Å². The minimum atomic E-state index is -4.35. The van der Waals surface area contributed by atoms with Crippen LogP contribution in [0.15, 0.2) is 94.7 Å². The highest BCUT2D eigenvalue weighted by atomic mass is 127. The van der Waals surface area contributed by atoms with Crippen molar-refractivity contribution < 1.29 is 32.5 Å². The van der Waals surface area contributed by atoms with E-state index < -0.39 is 27.7 Å². The lowest BCUT2D eigenvalue weighted by Crippen LogP contribution is -2.51. The average Bonchev–Trinajstić information content (AvgIpc) is 3.61. The fraction of sp³-hybridized carbons (Fsp3) is 0.333. The largest absolute Gasteiger partial charge is 0.497 e. The first-order valence-electron chi connectivity index (χ1n) is 17.3. The molecule has 0 spiro atoms. The Labute approximate surface area is 340 Å². The molecule has 1 atom stereocenters. The zero-order chi connectivity index (χ0) is 39.9. The molecule has 16 heteroatoms. The fourth-order valence-corrected chi connectivity index (χ4v) is 10.1. The number of benzene rings is 4. The average molecular weight is 901 g/mol. The molecule has 1 heterocycles. The number of thioether (sulfide) groups is 1. The van der Waals surface area contributed by atoms with Crippen LogP contribution in [-0.4, -0.2) is 87.7 Å². The molecule has 1 amide bonds. The van der Waals surface area contributed by atoms with E-state index in [2.05, 4.69) is 32.9 Å². The van der Waals surface area contributed by atoms with Gasteiger partial charge in [0.15, 0.2) is 0 Å². The number of hydrogen-bond donors (Lipinski definition) is 1. The second-order valence-electron chi connectivity index (χ2n) is 13.7. The number of methoxy groups -OCH3 is 3. The lowest BCUT2D eigenvalue weighted by molar-refractivity contribution is 0.0819. The molecule has 0 saturated carbocycles. The van der Waals surface area contributed by atoms with E-state index >= 15 is 8.42 Å². The van der Waals surface area contributed by atoms with E-state index in [4.69, 9.17) is 19.3 Å². The van der Waals surface area contributed by atoms with Gasteiger partial charge in [-0.25, -0.2) is 13.2 Å². The maximum absolute atomic E-state index is 15.4. The Bertz CT molecular complexity index is 2130. The zero-order valence-corrected chi connectivity index (χ0v) is 35.6. The fourth-order valence-electron chi connectivity index (χ4n) is 6.07. The van der Waals surface area contributed by atoms with E-state index in [0.29, 0.717) is 37.8 Å². The van der Waals surface area contributed by atoms with E-state index in [0.717, 1.165) is 16.7 Å². The van der Waals surface area contributed by atoms with Gasteiger partial charge < -0.3 is 19.3 Å². The van der Waals surface area contributed by atoms with Crippen molar-refractivity contribution in [3.8, 4) is 28.6 Å².